The fraction of sp³-hybridized carbons (Fsp3) is 0.333. The molecule has 150 valence electrons. The van der Waals surface area contributed by atoms with E-state index in [2.05, 4.69) is 9.97 Å². The Hall–Kier alpha value is -3.42. The van der Waals surface area contributed by atoms with Gasteiger partial charge in [-0.25, -0.2) is 4.98 Å². The molecule has 8 nitrogen and oxygen atoms in total. The number of benzene rings is 2. The molecule has 0 spiro atoms. The Labute approximate surface area is 168 Å². The second kappa shape index (κ2) is 7.54. The molecule has 0 bridgehead atoms. The quantitative estimate of drug-likeness (QED) is 0.540. The molecule has 1 aliphatic rings. The van der Waals surface area contributed by atoms with Crippen molar-refractivity contribution in [2.24, 2.45) is 0 Å². The van der Waals surface area contributed by atoms with Gasteiger partial charge in [-0.1, -0.05) is 12.1 Å². The molecule has 4 rings (SSSR count). The van der Waals surface area contributed by atoms with E-state index in [0.29, 0.717) is 24.3 Å². The molecule has 1 aliphatic heterocycles. The lowest BCUT2D eigenvalue weighted by atomic mass is 9.96. The molecule has 1 N–H and O–H groups in total. The van der Waals surface area contributed by atoms with Gasteiger partial charge in [0.05, 0.1) is 16.0 Å². The van der Waals surface area contributed by atoms with Gasteiger partial charge in [0, 0.05) is 44.7 Å². The summed E-state index contributed by atoms with van der Waals surface area (Å²) in [5.41, 5.74) is 2.66. The topological polar surface area (TPSA) is 95.4 Å². The average Bonchev–Trinajstić information content (AvgIpc) is 3.17. The highest BCUT2D eigenvalue weighted by Crippen LogP contribution is 2.31. The van der Waals surface area contributed by atoms with E-state index in [9.17, 15) is 14.9 Å². The molecule has 0 radical (unpaired) electrons. The number of fused-ring (bicyclic) bond motifs is 1. The largest absolute Gasteiger partial charge is 0.372 e. The van der Waals surface area contributed by atoms with Crippen LogP contribution < -0.4 is 4.90 Å². The Balaban J connectivity index is 1.57. The zero-order valence-electron chi connectivity index (χ0n) is 16.5. The van der Waals surface area contributed by atoms with Crippen LogP contribution in [0.25, 0.3) is 11.0 Å². The van der Waals surface area contributed by atoms with Crippen LogP contribution in [0, 0.1) is 10.1 Å². The maximum Gasteiger partial charge on any atom is 0.293 e. The number of anilines is 1. The number of carbonyl (C=O) groups is 1. The number of amides is 1. The van der Waals surface area contributed by atoms with Gasteiger partial charge in [0.2, 0.25) is 0 Å². The van der Waals surface area contributed by atoms with E-state index in [4.69, 9.17) is 0 Å². The van der Waals surface area contributed by atoms with E-state index < -0.39 is 4.92 Å². The van der Waals surface area contributed by atoms with E-state index in [-0.39, 0.29) is 17.5 Å². The summed E-state index contributed by atoms with van der Waals surface area (Å²) in [7, 11) is 3.48. The van der Waals surface area contributed by atoms with Gasteiger partial charge in [-0.3, -0.25) is 14.9 Å². The molecule has 8 heteroatoms. The Morgan fingerprint density at radius 3 is 2.79 bits per heavy atom. The Morgan fingerprint density at radius 1 is 1.28 bits per heavy atom. The number of aromatic nitrogens is 2. The van der Waals surface area contributed by atoms with E-state index in [0.717, 1.165) is 29.7 Å². The number of para-hydroxylation sites is 2. The van der Waals surface area contributed by atoms with E-state index in [1.165, 1.54) is 6.07 Å². The number of H-pyrrole nitrogens is 1. The summed E-state index contributed by atoms with van der Waals surface area (Å²) in [6.07, 6.45) is 1.81. The smallest absolute Gasteiger partial charge is 0.293 e. The standard InChI is InChI=1S/C21H23N5O3/c1-24(2)18-10-9-14(12-19(18)26(28)29)21(27)25-11-5-6-15(13-25)20-22-16-7-3-4-8-17(16)23-20/h3-4,7-10,12,15H,5-6,11,13H2,1-2H3,(H,22,23). The van der Waals surface area contributed by atoms with Crippen molar-refractivity contribution >= 4 is 28.3 Å². The molecule has 1 atom stereocenters. The van der Waals surface area contributed by atoms with Crippen LogP contribution in [0.15, 0.2) is 42.5 Å². The number of imidazole rings is 1. The summed E-state index contributed by atoms with van der Waals surface area (Å²) >= 11 is 0. The Morgan fingerprint density at radius 2 is 2.07 bits per heavy atom. The van der Waals surface area contributed by atoms with Gasteiger partial charge in [0.1, 0.15) is 11.5 Å². The lowest BCUT2D eigenvalue weighted by molar-refractivity contribution is -0.384. The van der Waals surface area contributed by atoms with Crippen LogP contribution in [0.2, 0.25) is 0 Å². The fourth-order valence-corrected chi connectivity index (χ4v) is 3.91. The third kappa shape index (κ3) is 3.65. The molecule has 29 heavy (non-hydrogen) atoms. The summed E-state index contributed by atoms with van der Waals surface area (Å²) in [4.78, 5) is 35.6. The van der Waals surface area contributed by atoms with E-state index in [1.54, 1.807) is 36.0 Å². The highest BCUT2D eigenvalue weighted by molar-refractivity contribution is 5.96. The zero-order chi connectivity index (χ0) is 20.5. The van der Waals surface area contributed by atoms with E-state index in [1.807, 2.05) is 24.3 Å². The number of rotatable bonds is 4. The molecule has 2 heterocycles. The number of hydrogen-bond donors (Lipinski definition) is 1. The van der Waals surface area contributed by atoms with Gasteiger partial charge in [-0.2, -0.15) is 0 Å². The predicted molar refractivity (Wildman–Crippen MR) is 111 cm³/mol. The number of piperidine rings is 1. The lowest BCUT2D eigenvalue weighted by Gasteiger charge is -2.32. The molecule has 3 aromatic rings. The Kier molecular flexibility index (Phi) is 4.92. The van der Waals surface area contributed by atoms with Gasteiger partial charge in [-0.15, -0.1) is 0 Å². The number of aromatic amines is 1. The first kappa shape index (κ1) is 18.9. The van der Waals surface area contributed by atoms with Crippen LogP contribution in [0.5, 0.6) is 0 Å². The number of nitrogens with one attached hydrogen (secondary N) is 1. The van der Waals surface area contributed by atoms with Gasteiger partial charge < -0.3 is 14.8 Å². The number of carbonyl (C=O) groups excluding carboxylic acids is 1. The Bertz CT molecular complexity index is 1040. The number of nitrogens with zero attached hydrogens (tertiary/aromatic N) is 4. The van der Waals surface area contributed by atoms with Crippen molar-refractivity contribution in [3.05, 3.63) is 64.0 Å². The van der Waals surface area contributed by atoms with Gasteiger partial charge in [-0.05, 0) is 37.1 Å². The minimum atomic E-state index is -0.445. The SMILES string of the molecule is CN(C)c1ccc(C(=O)N2CCCC(c3nc4ccccc4[nH]3)C2)cc1[N+](=O)[O-]. The molecule has 1 saturated heterocycles. The van der Waals surface area contributed by atoms with Crippen molar-refractivity contribution in [3.63, 3.8) is 0 Å². The summed E-state index contributed by atoms with van der Waals surface area (Å²) in [5.74, 6) is 0.827. The third-order valence-corrected chi connectivity index (χ3v) is 5.40. The zero-order valence-corrected chi connectivity index (χ0v) is 16.5. The summed E-state index contributed by atoms with van der Waals surface area (Å²) < 4.78 is 0. The molecule has 1 fully saturated rings. The third-order valence-electron chi connectivity index (χ3n) is 5.40. The summed E-state index contributed by atoms with van der Waals surface area (Å²) in [5, 5.41) is 11.4. The molecule has 1 aromatic heterocycles. The molecule has 0 aliphatic carbocycles. The van der Waals surface area contributed by atoms with Gasteiger partial charge in [0.25, 0.3) is 11.6 Å². The van der Waals surface area contributed by atoms with Gasteiger partial charge in [0.15, 0.2) is 0 Å². The molecule has 1 unspecified atom stereocenters. The monoisotopic (exact) mass is 393 g/mol. The van der Waals surface area contributed by atoms with Crippen molar-refractivity contribution < 1.29 is 9.72 Å². The van der Waals surface area contributed by atoms with Crippen molar-refractivity contribution in [1.82, 2.24) is 14.9 Å². The van der Waals surface area contributed by atoms with Crippen molar-refractivity contribution in [2.75, 3.05) is 32.1 Å². The van der Waals surface area contributed by atoms with Crippen molar-refractivity contribution in [1.29, 1.82) is 0 Å². The highest BCUT2D eigenvalue weighted by atomic mass is 16.6. The summed E-state index contributed by atoms with van der Waals surface area (Å²) in [6.45, 7) is 1.18. The first-order valence-electron chi connectivity index (χ1n) is 9.63. The minimum absolute atomic E-state index is 0.0632. The van der Waals surface area contributed by atoms with Crippen molar-refractivity contribution in [2.45, 2.75) is 18.8 Å². The number of likely N-dealkylation sites (tertiary alicyclic amines) is 1. The van der Waals surface area contributed by atoms with Crippen LogP contribution in [0.3, 0.4) is 0 Å². The van der Waals surface area contributed by atoms with Crippen molar-refractivity contribution in [3.8, 4) is 0 Å². The molecular weight excluding hydrogens is 370 g/mol. The molecule has 1 amide bonds. The van der Waals surface area contributed by atoms with Crippen LogP contribution in [-0.4, -0.2) is 52.9 Å². The predicted octanol–water partition coefficient (Wildman–Crippen LogP) is 3.56. The first-order valence-corrected chi connectivity index (χ1v) is 9.63. The second-order valence-electron chi connectivity index (χ2n) is 7.58. The lowest BCUT2D eigenvalue weighted by Crippen LogP contribution is -2.39. The molecule has 2 aromatic carbocycles. The average molecular weight is 393 g/mol. The number of nitro groups is 1. The fourth-order valence-electron chi connectivity index (χ4n) is 3.91. The highest BCUT2D eigenvalue weighted by Gasteiger charge is 2.28. The maximum absolute atomic E-state index is 13.1. The minimum Gasteiger partial charge on any atom is -0.372 e. The molecular formula is C21H23N5O3. The number of nitro benzene ring substituents is 1. The second-order valence-corrected chi connectivity index (χ2v) is 7.58. The maximum atomic E-state index is 13.1. The van der Waals surface area contributed by atoms with Crippen LogP contribution in [0.1, 0.15) is 34.9 Å². The van der Waals surface area contributed by atoms with Gasteiger partial charge >= 0.3 is 0 Å². The van der Waals surface area contributed by atoms with Crippen LogP contribution in [-0.2, 0) is 0 Å². The van der Waals surface area contributed by atoms with Crippen LogP contribution in [0.4, 0.5) is 11.4 Å². The first-order chi connectivity index (χ1) is 13.9. The molecule has 0 saturated carbocycles. The van der Waals surface area contributed by atoms with Crippen LogP contribution >= 0.6 is 0 Å². The number of hydrogen-bond acceptors (Lipinski definition) is 5. The summed E-state index contributed by atoms with van der Waals surface area (Å²) in [6, 6.07) is 12.5. The normalized spacial score (nSPS) is 16.8. The van der Waals surface area contributed by atoms with E-state index >= 15 is 0 Å².